The zero-order valence-electron chi connectivity index (χ0n) is 24.6. The number of carbonyl (C=O) groups excluding carboxylic acids is 1. The zero-order valence-corrected chi connectivity index (χ0v) is 24.6. The highest BCUT2D eigenvalue weighted by Crippen LogP contribution is 2.22. The quantitative estimate of drug-likeness (QED) is 0.141. The molecule has 0 unspecified atom stereocenters. The van der Waals surface area contributed by atoms with Crippen LogP contribution in [0, 0.1) is 5.41 Å². The number of unbranched alkanes of at least 4 members (excludes halogenated alkanes) is 1. The van der Waals surface area contributed by atoms with Crippen LogP contribution in [0.25, 0.3) is 11.0 Å². The number of benzene rings is 3. The van der Waals surface area contributed by atoms with E-state index in [2.05, 4.69) is 45.9 Å². The molecule has 0 bridgehead atoms. The average molecular weight is 567 g/mol. The van der Waals surface area contributed by atoms with Crippen LogP contribution < -0.4 is 5.73 Å². The molecule has 220 valence electrons. The Morgan fingerprint density at radius 2 is 1.57 bits per heavy atom. The lowest BCUT2D eigenvalue weighted by atomic mass is 10.1. The summed E-state index contributed by atoms with van der Waals surface area (Å²) in [5.41, 5.74) is 11.5. The summed E-state index contributed by atoms with van der Waals surface area (Å²) in [5.74, 6) is 1.19. The first kappa shape index (κ1) is 29.5. The first-order chi connectivity index (χ1) is 20.5. The number of ether oxygens (including phenoxy) is 1. The largest absolute Gasteiger partial charge is 0.385 e. The third-order valence-corrected chi connectivity index (χ3v) is 8.18. The van der Waals surface area contributed by atoms with Crippen molar-refractivity contribution in [1.82, 2.24) is 19.4 Å². The van der Waals surface area contributed by atoms with Gasteiger partial charge in [0.2, 0.25) is 0 Å². The zero-order chi connectivity index (χ0) is 29.3. The molecule has 1 saturated heterocycles. The number of aromatic nitrogens is 2. The second-order valence-electron chi connectivity index (χ2n) is 11.1. The van der Waals surface area contributed by atoms with Crippen molar-refractivity contribution in [3.8, 4) is 0 Å². The second-order valence-corrected chi connectivity index (χ2v) is 11.1. The molecule has 0 radical (unpaired) electrons. The number of amides is 1. The van der Waals surface area contributed by atoms with Crippen LogP contribution in [-0.2, 0) is 30.5 Å². The Balaban J connectivity index is 1.25. The molecule has 0 atom stereocenters. The molecule has 3 aromatic carbocycles. The molecule has 1 aliphatic rings. The van der Waals surface area contributed by atoms with Crippen molar-refractivity contribution in [2.24, 2.45) is 5.73 Å². The van der Waals surface area contributed by atoms with Crippen LogP contribution in [0.4, 0.5) is 0 Å². The van der Waals surface area contributed by atoms with E-state index < -0.39 is 0 Å². The summed E-state index contributed by atoms with van der Waals surface area (Å²) in [6, 6.07) is 24.4. The van der Waals surface area contributed by atoms with Gasteiger partial charge in [0.15, 0.2) is 0 Å². The Hall–Kier alpha value is -4.01. The maximum atomic E-state index is 13.5. The lowest BCUT2D eigenvalue weighted by Gasteiger charge is -2.34. The van der Waals surface area contributed by atoms with Crippen molar-refractivity contribution < 1.29 is 9.53 Å². The van der Waals surface area contributed by atoms with Gasteiger partial charge in [0.1, 0.15) is 11.7 Å². The van der Waals surface area contributed by atoms with E-state index >= 15 is 0 Å². The number of hydrogen-bond donors (Lipinski definition) is 2. The third kappa shape index (κ3) is 7.43. The molecule has 0 saturated carbocycles. The van der Waals surface area contributed by atoms with Gasteiger partial charge in [-0.2, -0.15) is 0 Å². The van der Waals surface area contributed by atoms with Crippen LogP contribution in [0.3, 0.4) is 0 Å². The number of rotatable bonds is 13. The lowest BCUT2D eigenvalue weighted by molar-refractivity contribution is 0.0638. The van der Waals surface area contributed by atoms with E-state index in [1.165, 1.54) is 11.1 Å². The van der Waals surface area contributed by atoms with E-state index in [9.17, 15) is 4.79 Å². The number of methoxy groups -OCH3 is 1. The fraction of sp³-hybridized carbons (Fsp3) is 0.382. The summed E-state index contributed by atoms with van der Waals surface area (Å²) < 4.78 is 7.56. The van der Waals surface area contributed by atoms with Crippen molar-refractivity contribution in [2.45, 2.75) is 38.6 Å². The van der Waals surface area contributed by atoms with Crippen LogP contribution in [0.2, 0.25) is 0 Å². The lowest BCUT2D eigenvalue weighted by Crippen LogP contribution is -2.49. The topological polar surface area (TPSA) is 100 Å². The Morgan fingerprint density at radius 3 is 2.29 bits per heavy atom. The molecule has 1 amide bonds. The van der Waals surface area contributed by atoms with Gasteiger partial charge >= 0.3 is 0 Å². The van der Waals surface area contributed by atoms with Crippen molar-refractivity contribution in [3.05, 3.63) is 101 Å². The molecule has 3 N–H and O–H groups in total. The van der Waals surface area contributed by atoms with E-state index in [1.807, 2.05) is 41.3 Å². The molecular formula is C34H42N6O2. The molecule has 1 aromatic heterocycles. The van der Waals surface area contributed by atoms with Crippen LogP contribution in [0.15, 0.2) is 72.8 Å². The molecule has 4 aromatic rings. The van der Waals surface area contributed by atoms with E-state index in [-0.39, 0.29) is 11.7 Å². The number of nitrogens with two attached hydrogens (primary N) is 1. The summed E-state index contributed by atoms with van der Waals surface area (Å²) in [6.07, 6.45) is 4.63. The minimum Gasteiger partial charge on any atom is -0.385 e. The average Bonchev–Trinajstić information content (AvgIpc) is 3.38. The number of carbonyl (C=O) groups is 1. The fourth-order valence-electron chi connectivity index (χ4n) is 5.67. The Labute approximate surface area is 248 Å². The molecule has 1 fully saturated rings. The Bertz CT molecular complexity index is 1470. The van der Waals surface area contributed by atoms with Gasteiger partial charge in [0.25, 0.3) is 5.91 Å². The fourth-order valence-corrected chi connectivity index (χ4v) is 5.67. The van der Waals surface area contributed by atoms with Crippen LogP contribution in [-0.4, -0.2) is 77.5 Å². The van der Waals surface area contributed by atoms with Crippen molar-refractivity contribution >= 4 is 22.8 Å². The van der Waals surface area contributed by atoms with Crippen molar-refractivity contribution in [2.75, 3.05) is 46.4 Å². The first-order valence-electron chi connectivity index (χ1n) is 15.0. The van der Waals surface area contributed by atoms with Crippen LogP contribution in [0.5, 0.6) is 0 Å². The molecule has 2 heterocycles. The predicted molar refractivity (Wildman–Crippen MR) is 168 cm³/mol. The molecule has 8 nitrogen and oxygen atoms in total. The highest BCUT2D eigenvalue weighted by Gasteiger charge is 2.23. The third-order valence-electron chi connectivity index (χ3n) is 8.18. The Kier molecular flexibility index (Phi) is 10.0. The number of imidazole rings is 1. The van der Waals surface area contributed by atoms with Gasteiger partial charge in [-0.25, -0.2) is 4.98 Å². The maximum absolute atomic E-state index is 13.5. The van der Waals surface area contributed by atoms with E-state index in [0.717, 1.165) is 100 Å². The SMILES string of the molecule is COCCCCn1c(CCc2ccc(C(=N)N)cc2)nc2cc(C(=O)N3CCN(CCc4ccccc4)CC3)ccc21. The summed E-state index contributed by atoms with van der Waals surface area (Å²) in [6.45, 7) is 5.90. The molecule has 8 heteroatoms. The monoisotopic (exact) mass is 566 g/mol. The molecule has 0 aliphatic carbocycles. The minimum atomic E-state index is 0.0784. The molecule has 1 aliphatic heterocycles. The van der Waals surface area contributed by atoms with Gasteiger partial charge in [-0.3, -0.25) is 15.1 Å². The predicted octanol–water partition coefficient (Wildman–Crippen LogP) is 4.53. The number of fused-ring (bicyclic) bond motifs is 1. The number of amidine groups is 1. The number of piperazine rings is 1. The number of nitrogens with one attached hydrogen (secondary N) is 1. The first-order valence-corrected chi connectivity index (χ1v) is 15.0. The minimum absolute atomic E-state index is 0.0784. The maximum Gasteiger partial charge on any atom is 0.254 e. The van der Waals surface area contributed by atoms with Crippen molar-refractivity contribution in [3.63, 3.8) is 0 Å². The number of nitrogen functional groups attached to an aromatic ring is 1. The molecule has 0 spiro atoms. The van der Waals surface area contributed by atoms with Crippen LogP contribution >= 0.6 is 0 Å². The summed E-state index contributed by atoms with van der Waals surface area (Å²) in [4.78, 5) is 22.9. The van der Waals surface area contributed by atoms with Crippen LogP contribution in [0.1, 0.15) is 45.7 Å². The van der Waals surface area contributed by atoms with Crippen molar-refractivity contribution in [1.29, 1.82) is 5.41 Å². The second kappa shape index (κ2) is 14.2. The molecule has 42 heavy (non-hydrogen) atoms. The Morgan fingerprint density at radius 1 is 0.857 bits per heavy atom. The van der Waals surface area contributed by atoms with Gasteiger partial charge in [0, 0.05) is 70.5 Å². The van der Waals surface area contributed by atoms with Gasteiger partial charge in [-0.15, -0.1) is 0 Å². The highest BCUT2D eigenvalue weighted by molar-refractivity contribution is 5.97. The molecular weight excluding hydrogens is 524 g/mol. The normalized spacial score (nSPS) is 14.0. The van der Waals surface area contributed by atoms with E-state index in [0.29, 0.717) is 5.56 Å². The summed E-state index contributed by atoms with van der Waals surface area (Å²) in [7, 11) is 1.73. The van der Waals surface area contributed by atoms with Gasteiger partial charge in [-0.05, 0) is 55.0 Å². The number of nitrogens with zero attached hydrogens (tertiary/aromatic N) is 4. The molecule has 5 rings (SSSR count). The smallest absolute Gasteiger partial charge is 0.254 e. The summed E-state index contributed by atoms with van der Waals surface area (Å²) in [5, 5.41) is 7.62. The van der Waals surface area contributed by atoms with E-state index in [4.69, 9.17) is 20.9 Å². The standard InChI is InChI=1S/C34H42N6O2/c1-42-24-6-5-18-40-31-15-14-29(25-30(31)37-32(40)16-11-27-9-12-28(13-10-27)33(35)36)34(41)39-22-20-38(21-23-39)19-17-26-7-3-2-4-8-26/h2-4,7-10,12-15,25H,5-6,11,16-24H2,1H3,(H3,35,36). The number of hydrogen-bond acceptors (Lipinski definition) is 5. The van der Waals surface area contributed by atoms with Gasteiger partial charge in [-0.1, -0.05) is 54.6 Å². The number of aryl methyl sites for hydroxylation is 3. The highest BCUT2D eigenvalue weighted by atomic mass is 16.5. The van der Waals surface area contributed by atoms with Gasteiger partial charge < -0.3 is 19.9 Å². The summed E-state index contributed by atoms with van der Waals surface area (Å²) >= 11 is 0. The van der Waals surface area contributed by atoms with Gasteiger partial charge in [0.05, 0.1) is 11.0 Å². The van der Waals surface area contributed by atoms with E-state index in [1.54, 1.807) is 7.11 Å².